The number of amides is 2. The van der Waals surface area contributed by atoms with E-state index in [0.717, 1.165) is 5.56 Å². The molecule has 0 N–H and O–H groups in total. The van der Waals surface area contributed by atoms with Gasteiger partial charge >= 0.3 is 0 Å². The fourth-order valence-electron chi connectivity index (χ4n) is 3.18. The summed E-state index contributed by atoms with van der Waals surface area (Å²) in [4.78, 5) is 32.8. The average Bonchev–Trinajstić information content (AvgIpc) is 3.14. The molecule has 2 heterocycles. The van der Waals surface area contributed by atoms with Crippen molar-refractivity contribution in [3.05, 3.63) is 41.4 Å². The normalized spacial score (nSPS) is 15.0. The van der Waals surface area contributed by atoms with Gasteiger partial charge in [0.05, 0.1) is 6.20 Å². The first-order chi connectivity index (χ1) is 13.2. The molecule has 1 aromatic carbocycles. The number of halogens is 1. The molecule has 0 aliphatic carbocycles. The number of nitrogens with zero attached hydrogens (tertiary/aromatic N) is 3. The molecule has 1 aliphatic rings. The van der Waals surface area contributed by atoms with Gasteiger partial charge in [-0.15, -0.1) is 0 Å². The molecule has 7 heteroatoms. The van der Waals surface area contributed by atoms with Crippen LogP contribution >= 0.6 is 11.6 Å². The molecule has 150 valence electrons. The van der Waals surface area contributed by atoms with E-state index in [0.29, 0.717) is 55.7 Å². The number of rotatable bonds is 4. The van der Waals surface area contributed by atoms with E-state index < -0.39 is 0 Å². The number of hydrogen-bond donors (Lipinski definition) is 0. The quantitative estimate of drug-likeness (QED) is 0.781. The first-order valence-corrected chi connectivity index (χ1v) is 9.89. The summed E-state index contributed by atoms with van der Waals surface area (Å²) in [6, 6.07) is 7.34. The third-order valence-corrected chi connectivity index (χ3v) is 5.05. The second-order valence-corrected chi connectivity index (χ2v) is 8.48. The van der Waals surface area contributed by atoms with Gasteiger partial charge in [-0.25, -0.2) is 4.98 Å². The Kier molecular flexibility index (Phi) is 6.08. The van der Waals surface area contributed by atoms with Crippen molar-refractivity contribution in [1.29, 1.82) is 0 Å². The van der Waals surface area contributed by atoms with Gasteiger partial charge in [-0.3, -0.25) is 9.59 Å². The van der Waals surface area contributed by atoms with Crippen LogP contribution in [0, 0.1) is 5.41 Å². The highest BCUT2D eigenvalue weighted by atomic mass is 35.5. The van der Waals surface area contributed by atoms with E-state index in [4.69, 9.17) is 16.0 Å². The van der Waals surface area contributed by atoms with Gasteiger partial charge < -0.3 is 14.2 Å². The summed E-state index contributed by atoms with van der Waals surface area (Å²) in [7, 11) is 0. The van der Waals surface area contributed by atoms with Crippen molar-refractivity contribution in [2.24, 2.45) is 5.41 Å². The van der Waals surface area contributed by atoms with Crippen molar-refractivity contribution in [1.82, 2.24) is 14.8 Å². The molecule has 28 heavy (non-hydrogen) atoms. The summed E-state index contributed by atoms with van der Waals surface area (Å²) in [6.07, 6.45) is 2.46. The second kappa shape index (κ2) is 8.35. The first-order valence-electron chi connectivity index (χ1n) is 9.52. The van der Waals surface area contributed by atoms with Crippen LogP contribution in [0.1, 0.15) is 33.1 Å². The van der Waals surface area contributed by atoms with E-state index in [9.17, 15) is 9.59 Å². The molecular formula is C21H26ClN3O3. The predicted octanol–water partition coefficient (Wildman–Crippen LogP) is 3.64. The number of aromatic nitrogens is 1. The van der Waals surface area contributed by atoms with Crippen molar-refractivity contribution in [3.63, 3.8) is 0 Å². The highest BCUT2D eigenvalue weighted by Gasteiger charge is 2.30. The Labute approximate surface area is 170 Å². The summed E-state index contributed by atoms with van der Waals surface area (Å²) in [5, 5.41) is 0.665. The summed E-state index contributed by atoms with van der Waals surface area (Å²) in [5.74, 6) is 1.40. The van der Waals surface area contributed by atoms with Crippen molar-refractivity contribution in [2.75, 3.05) is 26.2 Å². The van der Waals surface area contributed by atoms with Gasteiger partial charge in [-0.05, 0) is 24.3 Å². The van der Waals surface area contributed by atoms with Crippen molar-refractivity contribution >= 4 is 23.4 Å². The van der Waals surface area contributed by atoms with Crippen LogP contribution in [0.4, 0.5) is 0 Å². The Bertz CT molecular complexity index is 831. The molecule has 1 saturated heterocycles. The zero-order chi connectivity index (χ0) is 20.3. The van der Waals surface area contributed by atoms with E-state index in [-0.39, 0.29) is 17.2 Å². The number of piperazine rings is 1. The molecule has 3 rings (SSSR count). The maximum absolute atomic E-state index is 12.5. The van der Waals surface area contributed by atoms with Gasteiger partial charge in [-0.2, -0.15) is 0 Å². The summed E-state index contributed by atoms with van der Waals surface area (Å²) in [6.45, 7) is 8.07. The minimum atomic E-state index is -0.390. The van der Waals surface area contributed by atoms with E-state index in [1.54, 1.807) is 18.3 Å². The highest BCUT2D eigenvalue weighted by molar-refractivity contribution is 6.30. The van der Waals surface area contributed by atoms with Crippen LogP contribution in [0.25, 0.3) is 11.3 Å². The lowest BCUT2D eigenvalue weighted by molar-refractivity contribution is -0.144. The lowest BCUT2D eigenvalue weighted by Gasteiger charge is -2.37. The lowest BCUT2D eigenvalue weighted by Crippen LogP contribution is -2.53. The predicted molar refractivity (Wildman–Crippen MR) is 108 cm³/mol. The standard InChI is InChI=1S/C21H26ClN3O3/c1-21(2,3)20(27)25-12-10-24(11-13-25)19(26)9-8-18-23-14-17(28-18)15-4-6-16(22)7-5-15/h4-7,14H,8-13H2,1-3H3. The van der Waals surface area contributed by atoms with Crippen LogP contribution in [0.3, 0.4) is 0 Å². The number of carbonyl (C=O) groups excluding carboxylic acids is 2. The van der Waals surface area contributed by atoms with Gasteiger partial charge in [0, 0.05) is 55.0 Å². The molecule has 2 amide bonds. The van der Waals surface area contributed by atoms with Crippen molar-refractivity contribution in [2.45, 2.75) is 33.6 Å². The Hall–Kier alpha value is -2.34. The van der Waals surface area contributed by atoms with E-state index >= 15 is 0 Å². The van der Waals surface area contributed by atoms with Crippen LogP contribution in [0.15, 0.2) is 34.9 Å². The van der Waals surface area contributed by atoms with Gasteiger partial charge in [0.25, 0.3) is 0 Å². The van der Waals surface area contributed by atoms with Crippen LogP contribution < -0.4 is 0 Å². The Morgan fingerprint density at radius 1 is 1.07 bits per heavy atom. The number of oxazole rings is 1. The maximum Gasteiger partial charge on any atom is 0.228 e. The molecule has 0 bridgehead atoms. The molecule has 1 fully saturated rings. The second-order valence-electron chi connectivity index (χ2n) is 8.05. The summed E-state index contributed by atoms with van der Waals surface area (Å²) in [5.41, 5.74) is 0.507. The van der Waals surface area contributed by atoms with E-state index in [1.807, 2.05) is 42.7 Å². The lowest BCUT2D eigenvalue weighted by atomic mass is 9.94. The number of aryl methyl sites for hydroxylation is 1. The third kappa shape index (κ3) is 4.93. The van der Waals surface area contributed by atoms with Gasteiger partial charge in [0.1, 0.15) is 0 Å². The zero-order valence-electron chi connectivity index (χ0n) is 16.6. The van der Waals surface area contributed by atoms with E-state index in [1.165, 1.54) is 0 Å². The highest BCUT2D eigenvalue weighted by Crippen LogP contribution is 2.23. The van der Waals surface area contributed by atoms with Crippen LogP contribution in [0.2, 0.25) is 5.02 Å². The average molecular weight is 404 g/mol. The number of hydrogen-bond acceptors (Lipinski definition) is 4. The summed E-state index contributed by atoms with van der Waals surface area (Å²) >= 11 is 5.90. The van der Waals surface area contributed by atoms with Gasteiger partial charge in [0.15, 0.2) is 11.7 Å². The summed E-state index contributed by atoms with van der Waals surface area (Å²) < 4.78 is 5.76. The van der Waals surface area contributed by atoms with Gasteiger partial charge in [-0.1, -0.05) is 32.4 Å². The topological polar surface area (TPSA) is 66.7 Å². The number of benzene rings is 1. The minimum absolute atomic E-state index is 0.0640. The fraction of sp³-hybridized carbons (Fsp3) is 0.476. The fourth-order valence-corrected chi connectivity index (χ4v) is 3.30. The Morgan fingerprint density at radius 3 is 2.29 bits per heavy atom. The van der Waals surface area contributed by atoms with Crippen LogP contribution in [-0.2, 0) is 16.0 Å². The molecule has 2 aromatic rings. The Balaban J connectivity index is 1.49. The molecule has 0 spiro atoms. The molecule has 1 aromatic heterocycles. The van der Waals surface area contributed by atoms with Gasteiger partial charge in [0.2, 0.25) is 11.8 Å². The number of carbonyl (C=O) groups is 2. The molecule has 0 saturated carbocycles. The molecular weight excluding hydrogens is 378 g/mol. The monoisotopic (exact) mass is 403 g/mol. The molecule has 0 radical (unpaired) electrons. The largest absolute Gasteiger partial charge is 0.441 e. The molecule has 0 atom stereocenters. The molecule has 6 nitrogen and oxygen atoms in total. The van der Waals surface area contributed by atoms with Crippen molar-refractivity contribution in [3.8, 4) is 11.3 Å². The SMILES string of the molecule is CC(C)(C)C(=O)N1CCN(C(=O)CCc2ncc(-c3ccc(Cl)cc3)o2)CC1. The molecule has 0 unspecified atom stereocenters. The van der Waals surface area contributed by atoms with Crippen molar-refractivity contribution < 1.29 is 14.0 Å². The van der Waals surface area contributed by atoms with Crippen LogP contribution in [0.5, 0.6) is 0 Å². The first kappa shape index (κ1) is 20.4. The maximum atomic E-state index is 12.5. The zero-order valence-corrected chi connectivity index (χ0v) is 17.3. The Morgan fingerprint density at radius 2 is 1.68 bits per heavy atom. The smallest absolute Gasteiger partial charge is 0.228 e. The van der Waals surface area contributed by atoms with E-state index in [2.05, 4.69) is 4.98 Å². The molecule has 1 aliphatic heterocycles. The third-order valence-electron chi connectivity index (χ3n) is 4.80. The minimum Gasteiger partial charge on any atom is -0.441 e. The van der Waals surface area contributed by atoms with Crippen LogP contribution in [-0.4, -0.2) is 52.8 Å².